The molecular weight excluding hydrogens is 316 g/mol. The molecular formula is C25H46O. The first kappa shape index (κ1) is 22.0. The fraction of sp³-hybridized carbons (Fsp3) is 0.920. The Morgan fingerprint density at radius 3 is 1.77 bits per heavy atom. The van der Waals surface area contributed by atoms with E-state index < -0.39 is 5.60 Å². The molecule has 0 aliphatic heterocycles. The molecule has 2 aliphatic carbocycles. The fourth-order valence-electron chi connectivity index (χ4n) is 5.64. The number of rotatable bonds is 11. The summed E-state index contributed by atoms with van der Waals surface area (Å²) in [5, 5.41) is 12.3. The molecule has 2 rings (SSSR count). The quantitative estimate of drug-likeness (QED) is 0.292. The Morgan fingerprint density at radius 2 is 1.27 bits per heavy atom. The zero-order chi connectivity index (χ0) is 18.7. The van der Waals surface area contributed by atoms with Crippen LogP contribution in [0.5, 0.6) is 0 Å². The minimum Gasteiger partial charge on any atom is -0.385 e. The zero-order valence-corrected chi connectivity index (χ0v) is 17.9. The molecule has 0 atom stereocenters. The minimum atomic E-state index is -0.485. The number of unbranched alkanes of at least 4 members (excludes halogenated alkanes) is 5. The smallest absolute Gasteiger partial charge is 0.0912 e. The van der Waals surface area contributed by atoms with Crippen LogP contribution < -0.4 is 0 Å². The van der Waals surface area contributed by atoms with Crippen LogP contribution in [0.2, 0.25) is 0 Å². The van der Waals surface area contributed by atoms with E-state index in [4.69, 9.17) is 0 Å². The summed E-state index contributed by atoms with van der Waals surface area (Å²) in [5.41, 5.74) is 0.974. The van der Waals surface area contributed by atoms with Gasteiger partial charge in [0, 0.05) is 0 Å². The molecule has 0 aromatic rings. The summed E-state index contributed by atoms with van der Waals surface area (Å²) in [6.45, 7) is 4.57. The molecule has 0 radical (unpaired) electrons. The maximum absolute atomic E-state index is 12.3. The van der Waals surface area contributed by atoms with E-state index in [0.717, 1.165) is 6.42 Å². The molecule has 2 saturated carbocycles. The third kappa shape index (κ3) is 6.11. The highest BCUT2D eigenvalue weighted by Crippen LogP contribution is 2.48. The van der Waals surface area contributed by atoms with Gasteiger partial charge in [-0.25, -0.2) is 0 Å². The maximum atomic E-state index is 12.3. The molecule has 152 valence electrons. The molecule has 2 fully saturated rings. The fourth-order valence-corrected chi connectivity index (χ4v) is 5.64. The third-order valence-corrected chi connectivity index (χ3v) is 7.22. The van der Waals surface area contributed by atoms with Crippen LogP contribution in [-0.4, -0.2) is 10.7 Å². The van der Waals surface area contributed by atoms with E-state index >= 15 is 0 Å². The first-order valence-corrected chi connectivity index (χ1v) is 12.1. The Kier molecular flexibility index (Phi) is 10.3. The summed E-state index contributed by atoms with van der Waals surface area (Å²) in [4.78, 5) is 0. The molecule has 1 heteroatoms. The molecule has 0 amide bonds. The van der Waals surface area contributed by atoms with Gasteiger partial charge in [0.1, 0.15) is 0 Å². The van der Waals surface area contributed by atoms with Gasteiger partial charge >= 0.3 is 0 Å². The summed E-state index contributed by atoms with van der Waals surface area (Å²) >= 11 is 0. The van der Waals surface area contributed by atoms with Crippen LogP contribution in [0.15, 0.2) is 11.6 Å². The highest BCUT2D eigenvalue weighted by molar-refractivity contribution is 5.22. The lowest BCUT2D eigenvalue weighted by molar-refractivity contribution is -0.0639. The summed E-state index contributed by atoms with van der Waals surface area (Å²) in [6, 6.07) is 0. The summed E-state index contributed by atoms with van der Waals surface area (Å²) < 4.78 is 0. The van der Waals surface area contributed by atoms with Crippen LogP contribution in [0, 0.1) is 11.8 Å². The normalized spacial score (nSPS) is 21.3. The van der Waals surface area contributed by atoms with Crippen LogP contribution in [-0.2, 0) is 0 Å². The SMILES string of the molecule is CCCCC/C=C(\CCCCC)C(O)(C1CCCCC1)C1CCCCC1. The van der Waals surface area contributed by atoms with E-state index in [9.17, 15) is 5.11 Å². The van der Waals surface area contributed by atoms with E-state index in [1.807, 2.05) is 0 Å². The van der Waals surface area contributed by atoms with Crippen molar-refractivity contribution >= 4 is 0 Å². The number of allylic oxidation sites excluding steroid dienone is 1. The van der Waals surface area contributed by atoms with Crippen molar-refractivity contribution in [1.29, 1.82) is 0 Å². The van der Waals surface area contributed by atoms with Gasteiger partial charge in [-0.2, -0.15) is 0 Å². The van der Waals surface area contributed by atoms with Gasteiger partial charge in [-0.3, -0.25) is 0 Å². The molecule has 0 unspecified atom stereocenters. The second-order valence-corrected chi connectivity index (χ2v) is 9.18. The van der Waals surface area contributed by atoms with Crippen LogP contribution in [0.25, 0.3) is 0 Å². The van der Waals surface area contributed by atoms with Gasteiger partial charge in [-0.15, -0.1) is 0 Å². The molecule has 2 aliphatic rings. The monoisotopic (exact) mass is 362 g/mol. The lowest BCUT2D eigenvalue weighted by atomic mass is 9.62. The van der Waals surface area contributed by atoms with Gasteiger partial charge in [0.25, 0.3) is 0 Å². The summed E-state index contributed by atoms with van der Waals surface area (Å²) in [7, 11) is 0. The molecule has 0 saturated heterocycles. The predicted octanol–water partition coefficient (Wildman–Crippen LogP) is 7.97. The van der Waals surface area contributed by atoms with Crippen molar-refractivity contribution in [2.24, 2.45) is 11.8 Å². The Hall–Kier alpha value is -0.300. The van der Waals surface area contributed by atoms with Crippen molar-refractivity contribution in [3.63, 3.8) is 0 Å². The van der Waals surface area contributed by atoms with Crippen molar-refractivity contribution in [3.8, 4) is 0 Å². The van der Waals surface area contributed by atoms with Crippen LogP contribution in [0.3, 0.4) is 0 Å². The molecule has 0 aromatic heterocycles. The predicted molar refractivity (Wildman–Crippen MR) is 114 cm³/mol. The van der Waals surface area contributed by atoms with E-state index in [1.165, 1.54) is 115 Å². The van der Waals surface area contributed by atoms with Gasteiger partial charge in [-0.1, -0.05) is 84.1 Å². The van der Waals surface area contributed by atoms with Crippen molar-refractivity contribution < 1.29 is 5.11 Å². The molecule has 0 heterocycles. The zero-order valence-electron chi connectivity index (χ0n) is 17.9. The van der Waals surface area contributed by atoms with Crippen molar-refractivity contribution in [2.75, 3.05) is 0 Å². The van der Waals surface area contributed by atoms with Crippen molar-refractivity contribution in [3.05, 3.63) is 11.6 Å². The Balaban J connectivity index is 2.21. The second-order valence-electron chi connectivity index (χ2n) is 9.18. The summed E-state index contributed by atoms with van der Waals surface area (Å²) in [5.74, 6) is 1.05. The first-order chi connectivity index (χ1) is 12.7. The van der Waals surface area contributed by atoms with E-state index in [2.05, 4.69) is 19.9 Å². The highest BCUT2D eigenvalue weighted by Gasteiger charge is 2.46. The average Bonchev–Trinajstić information content (AvgIpc) is 2.70. The van der Waals surface area contributed by atoms with Gasteiger partial charge in [0.2, 0.25) is 0 Å². The van der Waals surface area contributed by atoms with E-state index in [-0.39, 0.29) is 0 Å². The molecule has 0 spiro atoms. The Bertz CT molecular complexity index is 367. The van der Waals surface area contributed by atoms with Crippen LogP contribution >= 0.6 is 0 Å². The van der Waals surface area contributed by atoms with Crippen LogP contribution in [0.4, 0.5) is 0 Å². The topological polar surface area (TPSA) is 20.2 Å². The average molecular weight is 363 g/mol. The van der Waals surface area contributed by atoms with Gasteiger partial charge < -0.3 is 5.11 Å². The lowest BCUT2D eigenvalue weighted by Gasteiger charge is -2.47. The largest absolute Gasteiger partial charge is 0.385 e. The van der Waals surface area contributed by atoms with Gasteiger partial charge in [0.15, 0.2) is 0 Å². The van der Waals surface area contributed by atoms with E-state index in [0.29, 0.717) is 11.8 Å². The van der Waals surface area contributed by atoms with Gasteiger partial charge in [0.05, 0.1) is 5.60 Å². The van der Waals surface area contributed by atoms with Crippen molar-refractivity contribution in [1.82, 2.24) is 0 Å². The molecule has 0 aromatic carbocycles. The van der Waals surface area contributed by atoms with Crippen LogP contribution in [0.1, 0.15) is 129 Å². The van der Waals surface area contributed by atoms with Crippen molar-refractivity contribution in [2.45, 2.75) is 135 Å². The molecule has 1 nitrogen and oxygen atoms in total. The standard InChI is InChI=1S/C25H46O/c1-3-5-7-11-17-22(16-10-6-4-2)25(26,23-18-12-8-13-19-23)24-20-14-9-15-21-24/h17,23-24,26H,3-16,18-21H2,1-2H3/b22-17+. The third-order valence-electron chi connectivity index (χ3n) is 7.22. The maximum Gasteiger partial charge on any atom is 0.0912 e. The van der Waals surface area contributed by atoms with E-state index in [1.54, 1.807) is 0 Å². The highest BCUT2D eigenvalue weighted by atomic mass is 16.3. The molecule has 1 N–H and O–H groups in total. The van der Waals surface area contributed by atoms with Gasteiger partial charge in [-0.05, 0) is 68.8 Å². The molecule has 26 heavy (non-hydrogen) atoms. The lowest BCUT2D eigenvalue weighted by Crippen LogP contribution is -2.48. The first-order valence-electron chi connectivity index (χ1n) is 12.1. The number of aliphatic hydroxyl groups is 1. The Morgan fingerprint density at radius 1 is 0.769 bits per heavy atom. The number of hydrogen-bond acceptors (Lipinski definition) is 1. The molecule has 0 bridgehead atoms. The number of hydrogen-bond donors (Lipinski definition) is 1. The minimum absolute atomic E-state index is 0.485. The Labute approximate surface area is 164 Å². The second kappa shape index (κ2) is 12.2. The summed E-state index contributed by atoms with van der Waals surface area (Å²) in [6.07, 6.45) is 25.7.